The van der Waals surface area contributed by atoms with Crippen LogP contribution in [0.2, 0.25) is 5.28 Å². The van der Waals surface area contributed by atoms with Crippen molar-refractivity contribution in [2.75, 3.05) is 11.9 Å². The molecule has 0 radical (unpaired) electrons. The van der Waals surface area contributed by atoms with Gasteiger partial charge in [0.2, 0.25) is 5.28 Å². The van der Waals surface area contributed by atoms with E-state index < -0.39 is 0 Å². The van der Waals surface area contributed by atoms with Crippen molar-refractivity contribution in [3.8, 4) is 0 Å². The van der Waals surface area contributed by atoms with E-state index in [1.807, 2.05) is 5.38 Å². The van der Waals surface area contributed by atoms with Crippen LogP contribution in [-0.2, 0) is 0 Å². The van der Waals surface area contributed by atoms with Gasteiger partial charge in [0.05, 0.1) is 5.39 Å². The van der Waals surface area contributed by atoms with Gasteiger partial charge in [0.1, 0.15) is 10.6 Å². The normalized spacial score (nSPS) is 23.1. The lowest BCUT2D eigenvalue weighted by molar-refractivity contribution is 0.282. The number of anilines is 1. The van der Waals surface area contributed by atoms with Gasteiger partial charge in [-0.25, -0.2) is 9.97 Å². The minimum Gasteiger partial charge on any atom is -0.369 e. The minimum absolute atomic E-state index is 0.328. The molecule has 0 saturated heterocycles. The minimum atomic E-state index is 0.328. The van der Waals surface area contributed by atoms with Gasteiger partial charge in [-0.05, 0) is 41.3 Å². The number of hydrogen-bond acceptors (Lipinski definition) is 4. The zero-order valence-electron chi connectivity index (χ0n) is 11.7. The van der Waals surface area contributed by atoms with E-state index in [-0.39, 0.29) is 0 Å². The lowest BCUT2D eigenvalue weighted by Crippen LogP contribution is -2.16. The third kappa shape index (κ3) is 3.23. The SMILES string of the molecule is CC1CCC(CCNc2nc(Cl)nc3sccc23)CC1. The first-order valence-electron chi connectivity index (χ1n) is 7.37. The maximum atomic E-state index is 5.97. The van der Waals surface area contributed by atoms with Crippen molar-refractivity contribution in [2.24, 2.45) is 11.8 Å². The highest BCUT2D eigenvalue weighted by Gasteiger charge is 2.18. The number of rotatable bonds is 4. The molecule has 1 aliphatic carbocycles. The molecule has 2 aromatic heterocycles. The zero-order chi connectivity index (χ0) is 13.9. The molecule has 2 heterocycles. The molecular weight excluding hydrogens is 290 g/mol. The summed E-state index contributed by atoms with van der Waals surface area (Å²) in [4.78, 5) is 9.51. The number of halogens is 1. The molecular formula is C15H20ClN3S. The largest absolute Gasteiger partial charge is 0.369 e. The van der Waals surface area contributed by atoms with Crippen LogP contribution in [0.25, 0.3) is 10.2 Å². The van der Waals surface area contributed by atoms with Gasteiger partial charge in [0, 0.05) is 6.54 Å². The molecule has 3 nitrogen and oxygen atoms in total. The summed E-state index contributed by atoms with van der Waals surface area (Å²) >= 11 is 7.57. The number of nitrogens with zero attached hydrogens (tertiary/aromatic N) is 2. The van der Waals surface area contributed by atoms with Crippen molar-refractivity contribution in [3.05, 3.63) is 16.7 Å². The van der Waals surface area contributed by atoms with E-state index in [4.69, 9.17) is 11.6 Å². The summed E-state index contributed by atoms with van der Waals surface area (Å²) in [5.74, 6) is 2.67. The van der Waals surface area contributed by atoms with Crippen LogP contribution < -0.4 is 5.32 Å². The van der Waals surface area contributed by atoms with Gasteiger partial charge in [-0.15, -0.1) is 11.3 Å². The van der Waals surface area contributed by atoms with Crippen molar-refractivity contribution in [1.82, 2.24) is 9.97 Å². The van der Waals surface area contributed by atoms with Crippen molar-refractivity contribution in [2.45, 2.75) is 39.0 Å². The smallest absolute Gasteiger partial charge is 0.225 e. The fourth-order valence-electron chi connectivity index (χ4n) is 2.98. The van der Waals surface area contributed by atoms with Crippen LogP contribution in [0.15, 0.2) is 11.4 Å². The molecule has 108 valence electrons. The second-order valence-electron chi connectivity index (χ2n) is 5.82. The predicted molar refractivity (Wildman–Crippen MR) is 86.7 cm³/mol. The summed E-state index contributed by atoms with van der Waals surface area (Å²) in [5.41, 5.74) is 0. The van der Waals surface area contributed by atoms with Gasteiger partial charge in [-0.3, -0.25) is 0 Å². The van der Waals surface area contributed by atoms with Crippen LogP contribution in [0, 0.1) is 11.8 Å². The molecule has 20 heavy (non-hydrogen) atoms. The van der Waals surface area contributed by atoms with Crippen molar-refractivity contribution in [1.29, 1.82) is 0 Å². The monoisotopic (exact) mass is 309 g/mol. The fraction of sp³-hybridized carbons (Fsp3) is 0.600. The molecule has 1 N–H and O–H groups in total. The first-order chi connectivity index (χ1) is 9.72. The molecule has 1 fully saturated rings. The number of thiophene rings is 1. The number of hydrogen-bond donors (Lipinski definition) is 1. The molecule has 0 amide bonds. The molecule has 1 saturated carbocycles. The molecule has 0 atom stereocenters. The van der Waals surface area contributed by atoms with Gasteiger partial charge in [0.15, 0.2) is 0 Å². The quantitative estimate of drug-likeness (QED) is 0.810. The lowest BCUT2D eigenvalue weighted by atomic mass is 9.81. The molecule has 2 aromatic rings. The van der Waals surface area contributed by atoms with Crippen LogP contribution in [-0.4, -0.2) is 16.5 Å². The average Bonchev–Trinajstić information content (AvgIpc) is 2.89. The maximum absolute atomic E-state index is 5.97. The highest BCUT2D eigenvalue weighted by molar-refractivity contribution is 7.16. The molecule has 0 aliphatic heterocycles. The van der Waals surface area contributed by atoms with E-state index in [1.54, 1.807) is 11.3 Å². The first kappa shape index (κ1) is 14.1. The first-order valence-corrected chi connectivity index (χ1v) is 8.63. The lowest BCUT2D eigenvalue weighted by Gasteiger charge is -2.26. The molecule has 5 heteroatoms. The Bertz CT molecular complexity index is 576. The summed E-state index contributed by atoms with van der Waals surface area (Å²) in [7, 11) is 0. The molecule has 0 aromatic carbocycles. The van der Waals surface area contributed by atoms with Crippen LogP contribution in [0.5, 0.6) is 0 Å². The van der Waals surface area contributed by atoms with Crippen LogP contribution in [0.3, 0.4) is 0 Å². The van der Waals surface area contributed by atoms with Crippen LogP contribution >= 0.6 is 22.9 Å². The van der Waals surface area contributed by atoms with E-state index in [1.165, 1.54) is 32.1 Å². The Morgan fingerprint density at radius 1 is 1.30 bits per heavy atom. The second-order valence-corrected chi connectivity index (χ2v) is 7.05. The summed E-state index contributed by atoms with van der Waals surface area (Å²) in [6, 6.07) is 2.06. The Morgan fingerprint density at radius 3 is 2.90 bits per heavy atom. The Morgan fingerprint density at radius 2 is 2.10 bits per heavy atom. The second kappa shape index (κ2) is 6.27. The maximum Gasteiger partial charge on any atom is 0.225 e. The average molecular weight is 310 g/mol. The Hall–Kier alpha value is -0.870. The number of aromatic nitrogens is 2. The highest BCUT2D eigenvalue weighted by atomic mass is 35.5. The van der Waals surface area contributed by atoms with E-state index in [9.17, 15) is 0 Å². The Kier molecular flexibility index (Phi) is 4.41. The van der Waals surface area contributed by atoms with E-state index in [0.717, 1.165) is 34.4 Å². The van der Waals surface area contributed by atoms with Crippen molar-refractivity contribution >= 4 is 39.0 Å². The summed E-state index contributed by atoms with van der Waals surface area (Å²) < 4.78 is 0. The molecule has 0 unspecified atom stereocenters. The molecule has 0 bridgehead atoms. The Labute approximate surface area is 128 Å². The van der Waals surface area contributed by atoms with Gasteiger partial charge < -0.3 is 5.32 Å². The van der Waals surface area contributed by atoms with Crippen molar-refractivity contribution in [3.63, 3.8) is 0 Å². The highest BCUT2D eigenvalue weighted by Crippen LogP contribution is 2.31. The van der Waals surface area contributed by atoms with Gasteiger partial charge >= 0.3 is 0 Å². The number of nitrogens with one attached hydrogen (secondary N) is 1. The predicted octanol–water partition coefficient (Wildman–Crippen LogP) is 4.97. The molecule has 1 aliphatic rings. The number of fused-ring (bicyclic) bond motifs is 1. The van der Waals surface area contributed by atoms with Crippen molar-refractivity contribution < 1.29 is 0 Å². The third-order valence-corrected chi connectivity index (χ3v) is 5.25. The van der Waals surface area contributed by atoms with E-state index >= 15 is 0 Å². The van der Waals surface area contributed by atoms with Gasteiger partial charge in [-0.2, -0.15) is 0 Å². The van der Waals surface area contributed by atoms with E-state index in [2.05, 4.69) is 28.3 Å². The summed E-state index contributed by atoms with van der Waals surface area (Å²) in [5, 5.41) is 6.88. The topological polar surface area (TPSA) is 37.8 Å². The van der Waals surface area contributed by atoms with E-state index in [0.29, 0.717) is 5.28 Å². The van der Waals surface area contributed by atoms with Crippen LogP contribution in [0.1, 0.15) is 39.0 Å². The molecule has 3 rings (SSSR count). The van der Waals surface area contributed by atoms with Crippen LogP contribution in [0.4, 0.5) is 5.82 Å². The van der Waals surface area contributed by atoms with Gasteiger partial charge in [-0.1, -0.05) is 32.6 Å². The standard InChI is InChI=1S/C15H20ClN3S/c1-10-2-4-11(5-3-10)6-8-17-13-12-7-9-20-14(12)19-15(16)18-13/h7,9-11H,2-6,8H2,1H3,(H,17,18,19). The zero-order valence-corrected chi connectivity index (χ0v) is 13.3. The fourth-order valence-corrected chi connectivity index (χ4v) is 3.96. The molecule has 0 spiro atoms. The summed E-state index contributed by atoms with van der Waals surface area (Å²) in [6.07, 6.45) is 6.75. The van der Waals surface area contributed by atoms with Gasteiger partial charge in [0.25, 0.3) is 0 Å². The summed E-state index contributed by atoms with van der Waals surface area (Å²) in [6.45, 7) is 3.34. The third-order valence-electron chi connectivity index (χ3n) is 4.28. The Balaban J connectivity index is 1.58.